The van der Waals surface area contributed by atoms with Gasteiger partial charge in [0, 0.05) is 29.7 Å². The molecule has 108 valence electrons. The summed E-state index contributed by atoms with van der Waals surface area (Å²) in [5.41, 5.74) is 1.63. The Morgan fingerprint density at radius 3 is 2.80 bits per heavy atom. The van der Waals surface area contributed by atoms with Crippen molar-refractivity contribution < 1.29 is 5.11 Å². The van der Waals surface area contributed by atoms with E-state index in [0.29, 0.717) is 17.1 Å². The van der Waals surface area contributed by atoms with Gasteiger partial charge >= 0.3 is 0 Å². The molecule has 20 heavy (non-hydrogen) atoms. The van der Waals surface area contributed by atoms with Gasteiger partial charge in [0.2, 0.25) is 0 Å². The predicted octanol–water partition coefficient (Wildman–Crippen LogP) is 1.77. The number of rotatable bonds is 6. The number of hydrogen-bond donors (Lipinski definition) is 1. The number of hydrogen-bond acceptors (Lipinski definition) is 4. The van der Waals surface area contributed by atoms with Crippen molar-refractivity contribution in [3.63, 3.8) is 0 Å². The van der Waals surface area contributed by atoms with Gasteiger partial charge in [0.25, 0.3) is 0 Å². The Hall–Kier alpha value is -1.43. The van der Waals surface area contributed by atoms with Gasteiger partial charge in [-0.3, -0.25) is 0 Å². The molecular formula is C14H19ClN4O. The molecule has 0 saturated carbocycles. The molecule has 2 aromatic rings. The number of benzene rings is 1. The first-order valence-corrected chi connectivity index (χ1v) is 6.90. The maximum absolute atomic E-state index is 10.2. The summed E-state index contributed by atoms with van der Waals surface area (Å²) in [6.45, 7) is 1.27. The van der Waals surface area contributed by atoms with E-state index < -0.39 is 6.10 Å². The molecule has 0 aliphatic rings. The van der Waals surface area contributed by atoms with Crippen LogP contribution in [0.25, 0.3) is 0 Å². The van der Waals surface area contributed by atoms with Gasteiger partial charge in [-0.15, -0.1) is 5.10 Å². The second-order valence-corrected chi connectivity index (χ2v) is 5.43. The highest BCUT2D eigenvalue weighted by atomic mass is 35.5. The predicted molar refractivity (Wildman–Crippen MR) is 78.7 cm³/mol. The van der Waals surface area contributed by atoms with Crippen LogP contribution in [0.2, 0.25) is 5.02 Å². The molecular weight excluding hydrogens is 276 g/mol. The van der Waals surface area contributed by atoms with Gasteiger partial charge in [-0.05, 0) is 20.2 Å². The minimum atomic E-state index is -0.688. The highest BCUT2D eigenvalue weighted by Gasteiger charge is 2.13. The molecule has 0 bridgehead atoms. The molecule has 5 nitrogen and oxygen atoms in total. The number of aliphatic hydroxyl groups is 1. The molecule has 0 aliphatic carbocycles. The molecule has 0 unspecified atom stereocenters. The van der Waals surface area contributed by atoms with Crippen molar-refractivity contribution in [2.75, 3.05) is 20.6 Å². The molecule has 0 spiro atoms. The van der Waals surface area contributed by atoms with Crippen LogP contribution in [0.4, 0.5) is 0 Å². The number of aromatic nitrogens is 3. The summed E-state index contributed by atoms with van der Waals surface area (Å²) in [4.78, 5) is 2.09. The molecule has 0 fully saturated rings. The Bertz CT molecular complexity index is 556. The zero-order valence-electron chi connectivity index (χ0n) is 11.7. The summed E-state index contributed by atoms with van der Waals surface area (Å²) in [5, 5.41) is 18.9. The minimum absolute atomic E-state index is 0.346. The fraction of sp³-hybridized carbons (Fsp3) is 0.429. The summed E-state index contributed by atoms with van der Waals surface area (Å²) >= 11 is 6.06. The molecule has 0 amide bonds. The highest BCUT2D eigenvalue weighted by Crippen LogP contribution is 2.23. The topological polar surface area (TPSA) is 54.2 Å². The van der Waals surface area contributed by atoms with Crippen LogP contribution >= 0.6 is 11.6 Å². The van der Waals surface area contributed by atoms with E-state index in [1.54, 1.807) is 10.7 Å². The van der Waals surface area contributed by atoms with Gasteiger partial charge in [0.05, 0.1) is 12.2 Å². The normalized spacial score (nSPS) is 12.8. The number of halogens is 1. The largest absolute Gasteiger partial charge is 0.386 e. The lowest BCUT2D eigenvalue weighted by Gasteiger charge is -2.12. The van der Waals surface area contributed by atoms with Gasteiger partial charge in [-0.1, -0.05) is 35.0 Å². The highest BCUT2D eigenvalue weighted by molar-refractivity contribution is 6.31. The average molecular weight is 295 g/mol. The lowest BCUT2D eigenvalue weighted by molar-refractivity contribution is 0.150. The molecule has 1 aromatic heterocycles. The fourth-order valence-corrected chi connectivity index (χ4v) is 2.16. The smallest absolute Gasteiger partial charge is 0.100 e. The Kier molecular flexibility index (Phi) is 5.11. The summed E-state index contributed by atoms with van der Waals surface area (Å²) in [6, 6.07) is 7.28. The van der Waals surface area contributed by atoms with Crippen molar-refractivity contribution in [3.05, 3.63) is 46.7 Å². The molecule has 2 rings (SSSR count). The van der Waals surface area contributed by atoms with Crippen molar-refractivity contribution in [3.8, 4) is 0 Å². The van der Waals surface area contributed by atoms with E-state index in [1.807, 2.05) is 38.5 Å². The Labute approximate surface area is 123 Å². The summed E-state index contributed by atoms with van der Waals surface area (Å²) < 4.78 is 1.65. The number of nitrogens with zero attached hydrogens (tertiary/aromatic N) is 4. The van der Waals surface area contributed by atoms with Crippen molar-refractivity contribution in [1.82, 2.24) is 19.9 Å². The molecule has 0 aliphatic heterocycles. The van der Waals surface area contributed by atoms with E-state index in [-0.39, 0.29) is 0 Å². The van der Waals surface area contributed by atoms with Crippen molar-refractivity contribution in [1.29, 1.82) is 0 Å². The monoisotopic (exact) mass is 294 g/mol. The zero-order valence-corrected chi connectivity index (χ0v) is 12.5. The Balaban J connectivity index is 1.98. The van der Waals surface area contributed by atoms with E-state index in [0.717, 1.165) is 18.7 Å². The summed E-state index contributed by atoms with van der Waals surface area (Å²) in [6.07, 6.45) is 2.02. The van der Waals surface area contributed by atoms with Crippen molar-refractivity contribution >= 4 is 11.6 Å². The molecule has 1 aromatic carbocycles. The second kappa shape index (κ2) is 6.83. The van der Waals surface area contributed by atoms with E-state index in [2.05, 4.69) is 15.2 Å². The van der Waals surface area contributed by atoms with E-state index in [9.17, 15) is 5.11 Å². The van der Waals surface area contributed by atoms with Crippen molar-refractivity contribution in [2.24, 2.45) is 0 Å². The van der Waals surface area contributed by atoms with Gasteiger partial charge in [0.1, 0.15) is 6.10 Å². The maximum Gasteiger partial charge on any atom is 0.100 e. The first kappa shape index (κ1) is 15.0. The third kappa shape index (κ3) is 4.03. The van der Waals surface area contributed by atoms with Crippen LogP contribution < -0.4 is 0 Å². The first-order valence-electron chi connectivity index (χ1n) is 6.52. The fourth-order valence-electron chi connectivity index (χ4n) is 1.90. The van der Waals surface area contributed by atoms with Crippen molar-refractivity contribution in [2.45, 2.75) is 19.1 Å². The molecule has 6 heteroatoms. The maximum atomic E-state index is 10.2. The Morgan fingerprint density at radius 1 is 1.35 bits per heavy atom. The summed E-state index contributed by atoms with van der Waals surface area (Å²) in [7, 11) is 4.04. The SMILES string of the molecule is CN(C)CCc1cn(C[C@H](O)c2ccccc2Cl)nn1. The third-order valence-electron chi connectivity index (χ3n) is 3.03. The molecule has 0 radical (unpaired) electrons. The first-order chi connectivity index (χ1) is 9.56. The van der Waals surface area contributed by atoms with Crippen LogP contribution in [0.5, 0.6) is 0 Å². The van der Waals surface area contributed by atoms with Crippen LogP contribution in [-0.2, 0) is 13.0 Å². The van der Waals surface area contributed by atoms with Gasteiger partial charge in [-0.2, -0.15) is 0 Å². The lowest BCUT2D eigenvalue weighted by atomic mass is 10.1. The van der Waals surface area contributed by atoms with E-state index >= 15 is 0 Å². The minimum Gasteiger partial charge on any atom is -0.386 e. The molecule has 1 N–H and O–H groups in total. The summed E-state index contributed by atoms with van der Waals surface area (Å²) in [5.74, 6) is 0. The number of aliphatic hydroxyl groups excluding tert-OH is 1. The lowest BCUT2D eigenvalue weighted by Crippen LogP contribution is -2.15. The second-order valence-electron chi connectivity index (χ2n) is 5.02. The molecule has 0 saturated heterocycles. The van der Waals surface area contributed by atoms with Gasteiger partial charge in [0.15, 0.2) is 0 Å². The van der Waals surface area contributed by atoms with E-state index in [1.165, 1.54) is 0 Å². The van der Waals surface area contributed by atoms with Crippen LogP contribution in [0.3, 0.4) is 0 Å². The number of likely N-dealkylation sites (N-methyl/N-ethyl adjacent to an activating group) is 1. The van der Waals surface area contributed by atoms with Crippen LogP contribution in [0.1, 0.15) is 17.4 Å². The quantitative estimate of drug-likeness (QED) is 0.882. The van der Waals surface area contributed by atoms with Gasteiger partial charge < -0.3 is 10.0 Å². The van der Waals surface area contributed by atoms with Crippen LogP contribution in [0.15, 0.2) is 30.5 Å². The molecule has 1 heterocycles. The van der Waals surface area contributed by atoms with Gasteiger partial charge in [-0.25, -0.2) is 4.68 Å². The molecule has 1 atom stereocenters. The Morgan fingerprint density at radius 2 is 2.10 bits per heavy atom. The third-order valence-corrected chi connectivity index (χ3v) is 3.37. The van der Waals surface area contributed by atoms with E-state index in [4.69, 9.17) is 11.6 Å². The zero-order chi connectivity index (χ0) is 14.5. The van der Waals surface area contributed by atoms with Crippen LogP contribution in [-0.4, -0.2) is 45.6 Å². The average Bonchev–Trinajstić information content (AvgIpc) is 2.84. The standard InChI is InChI=1S/C14H19ClN4O/c1-18(2)8-7-11-9-19(17-16-11)10-14(20)12-5-3-4-6-13(12)15/h3-6,9,14,20H,7-8,10H2,1-2H3/t14-/m0/s1. The van der Waals surface area contributed by atoms with Crippen LogP contribution in [0, 0.1) is 0 Å².